The van der Waals surface area contributed by atoms with Crippen molar-refractivity contribution in [3.05, 3.63) is 131 Å². The molecule has 1 unspecified atom stereocenters. The number of hydrogen-bond donors (Lipinski definition) is 4. The number of nitrogens with two attached hydrogens (primary N) is 1. The van der Waals surface area contributed by atoms with E-state index in [1.165, 1.54) is 25.3 Å². The Kier molecular flexibility index (Phi) is 7.72. The van der Waals surface area contributed by atoms with Crippen LogP contribution >= 0.6 is 0 Å². The monoisotopic (exact) mass is 505 g/mol. The van der Waals surface area contributed by atoms with E-state index in [1.54, 1.807) is 31.3 Å². The third-order valence-electron chi connectivity index (χ3n) is 6.00. The van der Waals surface area contributed by atoms with Gasteiger partial charge in [0.1, 0.15) is 5.69 Å². The van der Waals surface area contributed by atoms with E-state index < -0.39 is 5.97 Å². The van der Waals surface area contributed by atoms with Crippen LogP contribution < -0.4 is 11.1 Å². The normalized spacial score (nSPS) is 12.3. The summed E-state index contributed by atoms with van der Waals surface area (Å²) in [4.78, 5) is 32.8. The Labute approximate surface area is 220 Å². The summed E-state index contributed by atoms with van der Waals surface area (Å²) < 4.78 is 0. The molecule has 8 heteroatoms. The van der Waals surface area contributed by atoms with Gasteiger partial charge in [-0.25, -0.2) is 4.79 Å². The highest BCUT2D eigenvalue weighted by Crippen LogP contribution is 2.30. The lowest BCUT2D eigenvalue weighted by Gasteiger charge is -2.23. The lowest BCUT2D eigenvalue weighted by molar-refractivity contribution is -0.111. The van der Waals surface area contributed by atoms with Crippen LogP contribution in [0, 0.1) is 5.41 Å². The fourth-order valence-electron chi connectivity index (χ4n) is 4.21. The molecular formula is C30H27N5O3. The Morgan fingerprint density at radius 2 is 1.55 bits per heavy atom. The second-order valence-corrected chi connectivity index (χ2v) is 8.73. The molecule has 0 aliphatic carbocycles. The van der Waals surface area contributed by atoms with E-state index in [0.29, 0.717) is 33.8 Å². The highest BCUT2D eigenvalue weighted by Gasteiger charge is 2.22. The second kappa shape index (κ2) is 11.3. The summed E-state index contributed by atoms with van der Waals surface area (Å²) in [5.74, 6) is -1.25. The number of allylic oxidation sites excluding steroid dienone is 2. The van der Waals surface area contributed by atoms with Gasteiger partial charge in [-0.15, -0.1) is 0 Å². The SMILES string of the molecule is CC(=O)C(=C(C)N)c1cnc(C(=N)c2ccc(C(=O)O)cc2)c(NC(c2ccccc2)c2ccccn2)c1. The number of carbonyl (C=O) groups is 2. The molecule has 2 aromatic carbocycles. The average Bonchev–Trinajstić information content (AvgIpc) is 2.92. The summed E-state index contributed by atoms with van der Waals surface area (Å²) in [6, 6.07) is 22.8. The molecule has 0 aliphatic heterocycles. The number of nitrogens with zero attached hydrogens (tertiary/aromatic N) is 2. The molecule has 8 nitrogen and oxygen atoms in total. The number of benzene rings is 2. The molecular weight excluding hydrogens is 478 g/mol. The van der Waals surface area contributed by atoms with Crippen molar-refractivity contribution in [2.75, 3.05) is 5.32 Å². The van der Waals surface area contributed by atoms with Gasteiger partial charge >= 0.3 is 5.97 Å². The molecule has 0 fully saturated rings. The van der Waals surface area contributed by atoms with Crippen LogP contribution in [-0.2, 0) is 4.79 Å². The molecule has 2 aromatic heterocycles. The van der Waals surface area contributed by atoms with E-state index in [0.717, 1.165) is 11.3 Å². The lowest BCUT2D eigenvalue weighted by Crippen LogP contribution is -2.18. The zero-order valence-electron chi connectivity index (χ0n) is 21.0. The maximum atomic E-state index is 12.4. The zero-order valence-corrected chi connectivity index (χ0v) is 21.0. The first-order chi connectivity index (χ1) is 18.3. The van der Waals surface area contributed by atoms with Crippen LogP contribution in [0.4, 0.5) is 5.69 Å². The van der Waals surface area contributed by atoms with Gasteiger partial charge in [-0.2, -0.15) is 0 Å². The lowest BCUT2D eigenvalue weighted by atomic mass is 9.97. The van der Waals surface area contributed by atoms with Crippen LogP contribution in [0.5, 0.6) is 0 Å². The predicted octanol–water partition coefficient (Wildman–Crippen LogP) is 5.07. The van der Waals surface area contributed by atoms with Crippen molar-refractivity contribution in [2.45, 2.75) is 19.9 Å². The van der Waals surface area contributed by atoms with E-state index in [-0.39, 0.29) is 23.1 Å². The Bertz CT molecular complexity index is 1470. The molecule has 0 amide bonds. The summed E-state index contributed by atoms with van der Waals surface area (Å²) in [7, 11) is 0. The fourth-order valence-corrected chi connectivity index (χ4v) is 4.21. The highest BCUT2D eigenvalue weighted by molar-refractivity contribution is 6.21. The largest absolute Gasteiger partial charge is 0.478 e. The van der Waals surface area contributed by atoms with Crippen molar-refractivity contribution in [3.63, 3.8) is 0 Å². The molecule has 0 spiro atoms. The molecule has 5 N–H and O–H groups in total. The van der Waals surface area contributed by atoms with Crippen LogP contribution in [0.3, 0.4) is 0 Å². The number of carboxylic acids is 1. The third kappa shape index (κ3) is 5.65. The van der Waals surface area contributed by atoms with Gasteiger partial charge in [-0.05, 0) is 49.7 Å². The number of anilines is 1. The Hall–Kier alpha value is -5.11. The first-order valence-electron chi connectivity index (χ1n) is 11.9. The smallest absolute Gasteiger partial charge is 0.335 e. The maximum Gasteiger partial charge on any atom is 0.335 e. The molecule has 38 heavy (non-hydrogen) atoms. The van der Waals surface area contributed by atoms with E-state index in [4.69, 9.17) is 11.1 Å². The first kappa shape index (κ1) is 26.0. The topological polar surface area (TPSA) is 142 Å². The minimum atomic E-state index is -1.05. The Morgan fingerprint density at radius 1 is 0.895 bits per heavy atom. The van der Waals surface area contributed by atoms with E-state index >= 15 is 0 Å². The van der Waals surface area contributed by atoms with Gasteiger partial charge < -0.3 is 16.2 Å². The highest BCUT2D eigenvalue weighted by atomic mass is 16.4. The second-order valence-electron chi connectivity index (χ2n) is 8.73. The maximum absolute atomic E-state index is 12.4. The quantitative estimate of drug-likeness (QED) is 0.184. The number of carbonyl (C=O) groups excluding carboxylic acids is 1. The summed E-state index contributed by atoms with van der Waals surface area (Å²) in [6.45, 7) is 3.10. The van der Waals surface area contributed by atoms with Crippen molar-refractivity contribution in [2.24, 2.45) is 5.73 Å². The summed E-state index contributed by atoms with van der Waals surface area (Å²) in [5, 5.41) is 21.7. The van der Waals surface area contributed by atoms with Crippen LogP contribution in [0.1, 0.15) is 58.3 Å². The number of Topliss-reactive ketones (excluding diaryl/α,β-unsaturated/α-hetero) is 1. The van der Waals surface area contributed by atoms with Gasteiger partial charge in [0.2, 0.25) is 0 Å². The summed E-state index contributed by atoms with van der Waals surface area (Å²) in [6.07, 6.45) is 3.23. The van der Waals surface area contributed by atoms with Gasteiger partial charge in [-0.3, -0.25) is 20.2 Å². The third-order valence-corrected chi connectivity index (χ3v) is 6.00. The molecule has 0 radical (unpaired) electrons. The van der Waals surface area contributed by atoms with Crippen molar-refractivity contribution in [3.8, 4) is 0 Å². The number of aromatic nitrogens is 2. The predicted molar refractivity (Wildman–Crippen MR) is 147 cm³/mol. The molecule has 0 saturated heterocycles. The average molecular weight is 506 g/mol. The van der Waals surface area contributed by atoms with Crippen molar-refractivity contribution in [1.29, 1.82) is 5.41 Å². The number of rotatable bonds is 9. The zero-order chi connectivity index (χ0) is 27.2. The number of hydrogen-bond acceptors (Lipinski definition) is 7. The van der Waals surface area contributed by atoms with Crippen LogP contribution in [-0.4, -0.2) is 32.5 Å². The molecule has 4 aromatic rings. The van der Waals surface area contributed by atoms with Crippen LogP contribution in [0.2, 0.25) is 0 Å². The van der Waals surface area contributed by atoms with Gasteiger partial charge in [-0.1, -0.05) is 48.5 Å². The minimum absolute atomic E-state index is 0.0849. The number of pyridine rings is 2. The summed E-state index contributed by atoms with van der Waals surface area (Å²) >= 11 is 0. The van der Waals surface area contributed by atoms with Gasteiger partial charge in [0.15, 0.2) is 5.78 Å². The van der Waals surface area contributed by atoms with Crippen LogP contribution in [0.25, 0.3) is 5.57 Å². The molecule has 190 valence electrons. The van der Waals surface area contributed by atoms with E-state index in [9.17, 15) is 14.7 Å². The van der Waals surface area contributed by atoms with Crippen LogP contribution in [0.15, 0.2) is 97.0 Å². The van der Waals surface area contributed by atoms with Gasteiger partial charge in [0.25, 0.3) is 0 Å². The standard InChI is InChI=1S/C30H27N5O3/c1-18(31)26(19(2)36)23-16-25(29(34-17-23)27(32)20-11-13-22(14-12-20)30(37)38)35-28(21-8-4-3-5-9-21)24-10-6-7-15-33-24/h3-17,28,32,35H,31H2,1-2H3,(H,37,38). The number of nitrogens with one attached hydrogen (secondary N) is 2. The minimum Gasteiger partial charge on any atom is -0.478 e. The van der Waals surface area contributed by atoms with Gasteiger partial charge in [0.05, 0.1) is 28.7 Å². The summed E-state index contributed by atoms with van der Waals surface area (Å²) in [5.41, 5.74) is 10.5. The fraction of sp³-hybridized carbons (Fsp3) is 0.100. The first-order valence-corrected chi connectivity index (χ1v) is 11.9. The Balaban J connectivity index is 1.86. The molecule has 0 bridgehead atoms. The molecule has 1 atom stereocenters. The van der Waals surface area contributed by atoms with Crippen molar-refractivity contribution < 1.29 is 14.7 Å². The molecule has 4 rings (SSSR count). The number of ketones is 1. The molecule has 0 saturated carbocycles. The number of aromatic carboxylic acids is 1. The van der Waals surface area contributed by atoms with Crippen molar-refractivity contribution in [1.82, 2.24) is 9.97 Å². The Morgan fingerprint density at radius 3 is 2.13 bits per heavy atom. The van der Waals surface area contributed by atoms with E-state index in [2.05, 4.69) is 15.3 Å². The number of carboxylic acid groups (broad SMARTS) is 1. The molecule has 0 aliphatic rings. The van der Waals surface area contributed by atoms with E-state index in [1.807, 2.05) is 48.5 Å². The van der Waals surface area contributed by atoms with Crippen molar-refractivity contribution >= 4 is 28.7 Å². The van der Waals surface area contributed by atoms with Gasteiger partial charge in [0, 0.05) is 34.8 Å². The molecule has 2 heterocycles.